The molecule has 1 unspecified atom stereocenters. The van der Waals surface area contributed by atoms with Crippen LogP contribution in [0, 0.1) is 5.92 Å². The van der Waals surface area contributed by atoms with Gasteiger partial charge in [0.05, 0.1) is 12.8 Å². The van der Waals surface area contributed by atoms with E-state index in [4.69, 9.17) is 4.42 Å². The largest absolute Gasteiger partial charge is 0.467 e. The van der Waals surface area contributed by atoms with Crippen molar-refractivity contribution in [3.05, 3.63) is 60.1 Å². The molecule has 0 aliphatic heterocycles. The van der Waals surface area contributed by atoms with Crippen LogP contribution in [0.4, 0.5) is 0 Å². The van der Waals surface area contributed by atoms with E-state index in [1.165, 1.54) is 0 Å². The Morgan fingerprint density at radius 1 is 1.14 bits per heavy atom. The van der Waals surface area contributed by atoms with Gasteiger partial charge in [0.25, 0.3) is 0 Å². The molecule has 1 aromatic carbocycles. The van der Waals surface area contributed by atoms with E-state index in [0.29, 0.717) is 13.1 Å². The molecule has 0 N–H and O–H groups in total. The Morgan fingerprint density at radius 3 is 2.52 bits per heavy atom. The number of hydrogen-bond donors (Lipinski definition) is 0. The first-order valence-corrected chi connectivity index (χ1v) is 7.55. The summed E-state index contributed by atoms with van der Waals surface area (Å²) in [6.07, 6.45) is 3.59. The van der Waals surface area contributed by atoms with Gasteiger partial charge in [-0.3, -0.25) is 4.79 Å². The van der Waals surface area contributed by atoms with Crippen LogP contribution < -0.4 is 0 Å². The lowest BCUT2D eigenvalue weighted by Crippen LogP contribution is -2.34. The molecular formula is C18H23NO2. The Balaban J connectivity index is 2.11. The normalized spacial score (nSPS) is 12.1. The number of furan rings is 1. The molecule has 1 heterocycles. The van der Waals surface area contributed by atoms with Crippen molar-refractivity contribution in [1.29, 1.82) is 0 Å². The first-order chi connectivity index (χ1) is 10.2. The van der Waals surface area contributed by atoms with Crippen LogP contribution >= 0.6 is 0 Å². The molecular weight excluding hydrogens is 262 g/mol. The van der Waals surface area contributed by atoms with E-state index in [0.717, 1.165) is 24.2 Å². The maximum Gasteiger partial charge on any atom is 0.226 e. The van der Waals surface area contributed by atoms with Crippen LogP contribution in [-0.4, -0.2) is 10.8 Å². The fourth-order valence-electron chi connectivity index (χ4n) is 2.47. The molecule has 2 aromatic rings. The fourth-order valence-corrected chi connectivity index (χ4v) is 2.47. The second-order valence-corrected chi connectivity index (χ2v) is 5.45. The van der Waals surface area contributed by atoms with Crippen LogP contribution in [0.1, 0.15) is 38.0 Å². The molecule has 1 amide bonds. The van der Waals surface area contributed by atoms with E-state index in [1.807, 2.05) is 54.3 Å². The average molecular weight is 285 g/mol. The van der Waals surface area contributed by atoms with Crippen molar-refractivity contribution in [2.24, 2.45) is 5.92 Å². The lowest BCUT2D eigenvalue weighted by molar-refractivity contribution is -0.136. The van der Waals surface area contributed by atoms with Gasteiger partial charge in [0.2, 0.25) is 5.91 Å². The van der Waals surface area contributed by atoms with Gasteiger partial charge in [0, 0.05) is 12.5 Å². The number of hydrogen-bond acceptors (Lipinski definition) is 2. The van der Waals surface area contributed by atoms with Crippen molar-refractivity contribution in [3.8, 4) is 0 Å². The third kappa shape index (κ3) is 4.48. The standard InChI is InChI=1S/C18H23NO2/c1-3-8-15(2)18(20)19(14-17-11-7-12-21-17)13-16-9-5-4-6-10-16/h4-7,9-12,15H,3,8,13-14H2,1-2H3. The molecule has 3 nitrogen and oxygen atoms in total. The van der Waals surface area contributed by atoms with Crippen molar-refractivity contribution in [1.82, 2.24) is 4.90 Å². The molecule has 112 valence electrons. The lowest BCUT2D eigenvalue weighted by Gasteiger charge is -2.25. The number of rotatable bonds is 7. The predicted molar refractivity (Wildman–Crippen MR) is 83.5 cm³/mol. The summed E-state index contributed by atoms with van der Waals surface area (Å²) in [5, 5.41) is 0. The molecule has 0 saturated heterocycles. The molecule has 0 radical (unpaired) electrons. The average Bonchev–Trinajstić information content (AvgIpc) is 3.00. The van der Waals surface area contributed by atoms with Crippen LogP contribution in [0.15, 0.2) is 53.1 Å². The Hall–Kier alpha value is -2.03. The van der Waals surface area contributed by atoms with Crippen molar-refractivity contribution < 1.29 is 9.21 Å². The summed E-state index contributed by atoms with van der Waals surface area (Å²) in [5.41, 5.74) is 1.14. The van der Waals surface area contributed by atoms with Crippen molar-refractivity contribution in [3.63, 3.8) is 0 Å². The number of carbonyl (C=O) groups is 1. The highest BCUT2D eigenvalue weighted by molar-refractivity contribution is 5.78. The zero-order valence-corrected chi connectivity index (χ0v) is 12.8. The smallest absolute Gasteiger partial charge is 0.226 e. The molecule has 1 aromatic heterocycles. The monoisotopic (exact) mass is 285 g/mol. The molecule has 0 spiro atoms. The predicted octanol–water partition coefficient (Wildman–Crippen LogP) is 4.24. The van der Waals surface area contributed by atoms with Crippen molar-refractivity contribution in [2.75, 3.05) is 0 Å². The molecule has 1 atom stereocenters. The van der Waals surface area contributed by atoms with Gasteiger partial charge < -0.3 is 9.32 Å². The summed E-state index contributed by atoms with van der Waals surface area (Å²) in [6, 6.07) is 13.9. The van der Waals surface area contributed by atoms with E-state index >= 15 is 0 Å². The number of amides is 1. The molecule has 21 heavy (non-hydrogen) atoms. The third-order valence-electron chi connectivity index (χ3n) is 3.60. The summed E-state index contributed by atoms with van der Waals surface area (Å²) in [5.74, 6) is 1.06. The summed E-state index contributed by atoms with van der Waals surface area (Å²) in [4.78, 5) is 14.5. The molecule has 0 aliphatic rings. The van der Waals surface area contributed by atoms with Gasteiger partial charge in [-0.1, -0.05) is 50.6 Å². The summed E-state index contributed by atoms with van der Waals surface area (Å²) < 4.78 is 5.40. The second-order valence-electron chi connectivity index (χ2n) is 5.45. The van der Waals surface area contributed by atoms with Crippen molar-refractivity contribution in [2.45, 2.75) is 39.8 Å². The maximum absolute atomic E-state index is 12.6. The van der Waals surface area contributed by atoms with E-state index in [-0.39, 0.29) is 11.8 Å². The van der Waals surface area contributed by atoms with E-state index in [1.54, 1.807) is 6.26 Å². The molecule has 3 heteroatoms. The second kappa shape index (κ2) is 7.67. The first kappa shape index (κ1) is 15.4. The summed E-state index contributed by atoms with van der Waals surface area (Å²) in [6.45, 7) is 5.26. The Morgan fingerprint density at radius 2 is 1.90 bits per heavy atom. The quantitative estimate of drug-likeness (QED) is 0.762. The Labute approximate surface area is 126 Å². The van der Waals surface area contributed by atoms with Crippen LogP contribution in [-0.2, 0) is 17.9 Å². The van der Waals surface area contributed by atoms with Gasteiger partial charge in [-0.15, -0.1) is 0 Å². The topological polar surface area (TPSA) is 33.5 Å². The fraction of sp³-hybridized carbons (Fsp3) is 0.389. The Kier molecular flexibility index (Phi) is 5.61. The molecule has 0 fully saturated rings. The molecule has 2 rings (SSSR count). The summed E-state index contributed by atoms with van der Waals surface area (Å²) in [7, 11) is 0. The number of nitrogens with zero attached hydrogens (tertiary/aromatic N) is 1. The Bertz CT molecular complexity index is 534. The summed E-state index contributed by atoms with van der Waals surface area (Å²) >= 11 is 0. The minimum absolute atomic E-state index is 0.0497. The van der Waals surface area contributed by atoms with Gasteiger partial charge in [0.1, 0.15) is 5.76 Å². The van der Waals surface area contributed by atoms with Gasteiger partial charge >= 0.3 is 0 Å². The molecule has 0 bridgehead atoms. The molecule has 0 saturated carbocycles. The highest BCUT2D eigenvalue weighted by Crippen LogP contribution is 2.16. The maximum atomic E-state index is 12.6. The third-order valence-corrected chi connectivity index (χ3v) is 3.60. The number of benzene rings is 1. The van der Waals surface area contributed by atoms with Gasteiger partial charge in [0.15, 0.2) is 0 Å². The van der Waals surface area contributed by atoms with E-state index in [9.17, 15) is 4.79 Å². The first-order valence-electron chi connectivity index (χ1n) is 7.55. The van der Waals surface area contributed by atoms with Gasteiger partial charge in [-0.25, -0.2) is 0 Å². The minimum atomic E-state index is 0.0497. The van der Waals surface area contributed by atoms with Gasteiger partial charge in [-0.2, -0.15) is 0 Å². The highest BCUT2D eigenvalue weighted by atomic mass is 16.3. The minimum Gasteiger partial charge on any atom is -0.467 e. The van der Waals surface area contributed by atoms with Crippen LogP contribution in [0.25, 0.3) is 0 Å². The lowest BCUT2D eigenvalue weighted by atomic mass is 10.0. The van der Waals surface area contributed by atoms with Gasteiger partial charge in [-0.05, 0) is 24.1 Å². The number of carbonyl (C=O) groups excluding carboxylic acids is 1. The van der Waals surface area contributed by atoms with E-state index < -0.39 is 0 Å². The zero-order chi connectivity index (χ0) is 15.1. The van der Waals surface area contributed by atoms with E-state index in [2.05, 4.69) is 6.92 Å². The SMILES string of the molecule is CCCC(C)C(=O)N(Cc1ccccc1)Cc1ccco1. The highest BCUT2D eigenvalue weighted by Gasteiger charge is 2.21. The molecule has 0 aliphatic carbocycles. The zero-order valence-electron chi connectivity index (χ0n) is 12.8. The van der Waals surface area contributed by atoms with Crippen LogP contribution in [0.3, 0.4) is 0 Å². The van der Waals surface area contributed by atoms with Crippen LogP contribution in [0.5, 0.6) is 0 Å². The van der Waals surface area contributed by atoms with Crippen LogP contribution in [0.2, 0.25) is 0 Å². The van der Waals surface area contributed by atoms with Crippen molar-refractivity contribution >= 4 is 5.91 Å².